The van der Waals surface area contributed by atoms with Gasteiger partial charge in [-0.3, -0.25) is 0 Å². The minimum atomic E-state index is -0.488. The van der Waals surface area contributed by atoms with Gasteiger partial charge in [0, 0.05) is 18.0 Å². The molecule has 0 fully saturated rings. The van der Waals surface area contributed by atoms with Crippen LogP contribution in [0.4, 0.5) is 0 Å². The Bertz CT molecular complexity index is 197. The summed E-state index contributed by atoms with van der Waals surface area (Å²) in [6.45, 7) is 4.27. The maximum atomic E-state index is 9.09. The maximum absolute atomic E-state index is 9.09. The van der Waals surface area contributed by atoms with Crippen molar-refractivity contribution < 1.29 is 10.2 Å². The summed E-state index contributed by atoms with van der Waals surface area (Å²) < 4.78 is 0. The van der Waals surface area contributed by atoms with Gasteiger partial charge in [0.2, 0.25) is 0 Å². The van der Waals surface area contributed by atoms with Gasteiger partial charge in [-0.25, -0.2) is 0 Å². The molecule has 0 saturated carbocycles. The topological polar surface area (TPSA) is 67.5 Å². The van der Waals surface area contributed by atoms with Gasteiger partial charge in [-0.05, 0) is 14.0 Å². The molecule has 0 aliphatic rings. The van der Waals surface area contributed by atoms with Crippen LogP contribution in [0.3, 0.4) is 0 Å². The third kappa shape index (κ3) is 4.05. The molecule has 4 heteroatoms. The van der Waals surface area contributed by atoms with Gasteiger partial charge in [0.25, 0.3) is 0 Å². The van der Waals surface area contributed by atoms with E-state index in [1.165, 1.54) is 0 Å². The zero-order valence-electron chi connectivity index (χ0n) is 9.19. The molecule has 0 rings (SSSR count). The SMILES string of the molecule is CC(CC#N)N(C)CC(C)(CO)CO. The Balaban J connectivity index is 4.16. The van der Waals surface area contributed by atoms with E-state index in [0.717, 1.165) is 0 Å². The van der Waals surface area contributed by atoms with Crippen molar-refractivity contribution in [3.63, 3.8) is 0 Å². The van der Waals surface area contributed by atoms with Crippen LogP contribution in [0.1, 0.15) is 20.3 Å². The normalized spacial score (nSPS) is 14.1. The standard InChI is InChI=1S/C10H20N2O2/c1-9(4-5-11)12(3)6-10(2,7-13)8-14/h9,13-14H,4,6-8H2,1-3H3. The highest BCUT2D eigenvalue weighted by Gasteiger charge is 2.25. The van der Waals surface area contributed by atoms with Crippen LogP contribution in [0, 0.1) is 16.7 Å². The third-order valence-electron chi connectivity index (χ3n) is 2.53. The Hall–Kier alpha value is -0.630. The smallest absolute Gasteiger partial charge is 0.0638 e. The molecule has 0 spiro atoms. The molecule has 0 aromatic carbocycles. The molecular weight excluding hydrogens is 180 g/mol. The number of nitrogens with zero attached hydrogens (tertiary/aromatic N) is 2. The first-order valence-corrected chi connectivity index (χ1v) is 4.78. The first-order chi connectivity index (χ1) is 6.49. The van der Waals surface area contributed by atoms with Crippen molar-refractivity contribution in [2.24, 2.45) is 5.41 Å². The van der Waals surface area contributed by atoms with Crippen LogP contribution in [0.15, 0.2) is 0 Å². The van der Waals surface area contributed by atoms with Gasteiger partial charge in [-0.2, -0.15) is 5.26 Å². The summed E-state index contributed by atoms with van der Waals surface area (Å²) in [5, 5.41) is 26.7. The highest BCUT2D eigenvalue weighted by molar-refractivity contribution is 4.82. The molecule has 0 amide bonds. The molecule has 1 unspecified atom stereocenters. The van der Waals surface area contributed by atoms with Crippen molar-refractivity contribution in [2.45, 2.75) is 26.3 Å². The average molecular weight is 200 g/mol. The van der Waals surface area contributed by atoms with Crippen LogP contribution in [-0.2, 0) is 0 Å². The molecule has 0 saturated heterocycles. The predicted molar refractivity (Wildman–Crippen MR) is 54.6 cm³/mol. The predicted octanol–water partition coefficient (Wildman–Crippen LogP) is 0.211. The third-order valence-corrected chi connectivity index (χ3v) is 2.53. The van der Waals surface area contributed by atoms with E-state index in [1.807, 2.05) is 25.8 Å². The van der Waals surface area contributed by atoms with E-state index < -0.39 is 5.41 Å². The van der Waals surface area contributed by atoms with E-state index in [1.54, 1.807) is 0 Å². The Labute approximate surface area is 85.8 Å². The highest BCUT2D eigenvalue weighted by atomic mass is 16.3. The molecular formula is C10H20N2O2. The zero-order chi connectivity index (χ0) is 11.2. The lowest BCUT2D eigenvalue weighted by Crippen LogP contribution is -2.42. The van der Waals surface area contributed by atoms with Gasteiger partial charge < -0.3 is 15.1 Å². The average Bonchev–Trinajstić information content (AvgIpc) is 2.18. The molecule has 0 aliphatic heterocycles. The van der Waals surface area contributed by atoms with E-state index in [-0.39, 0.29) is 19.3 Å². The molecule has 4 nitrogen and oxygen atoms in total. The number of aliphatic hydroxyl groups is 2. The second-order valence-electron chi connectivity index (χ2n) is 4.25. The molecule has 14 heavy (non-hydrogen) atoms. The van der Waals surface area contributed by atoms with Crippen molar-refractivity contribution in [3.8, 4) is 6.07 Å². The molecule has 1 atom stereocenters. The van der Waals surface area contributed by atoms with Gasteiger partial charge in [0.1, 0.15) is 0 Å². The van der Waals surface area contributed by atoms with Crippen molar-refractivity contribution >= 4 is 0 Å². The van der Waals surface area contributed by atoms with Gasteiger partial charge in [-0.15, -0.1) is 0 Å². The van der Waals surface area contributed by atoms with E-state index in [4.69, 9.17) is 15.5 Å². The fourth-order valence-corrected chi connectivity index (χ4v) is 1.20. The fourth-order valence-electron chi connectivity index (χ4n) is 1.20. The second kappa shape index (κ2) is 5.97. The minimum absolute atomic E-state index is 0.0485. The molecule has 0 bridgehead atoms. The largest absolute Gasteiger partial charge is 0.396 e. The second-order valence-corrected chi connectivity index (χ2v) is 4.25. The van der Waals surface area contributed by atoms with Crippen molar-refractivity contribution in [3.05, 3.63) is 0 Å². The van der Waals surface area contributed by atoms with Gasteiger partial charge in [0.15, 0.2) is 0 Å². The van der Waals surface area contributed by atoms with E-state index in [9.17, 15) is 0 Å². The molecule has 0 aliphatic carbocycles. The van der Waals surface area contributed by atoms with Crippen LogP contribution >= 0.6 is 0 Å². The first kappa shape index (κ1) is 13.4. The summed E-state index contributed by atoms with van der Waals surface area (Å²) in [4.78, 5) is 1.98. The first-order valence-electron chi connectivity index (χ1n) is 4.78. The Morgan fingerprint density at radius 1 is 1.43 bits per heavy atom. The Kier molecular flexibility index (Phi) is 5.70. The number of hydrogen-bond donors (Lipinski definition) is 2. The lowest BCUT2D eigenvalue weighted by molar-refractivity contribution is 0.0333. The molecule has 0 radical (unpaired) electrons. The molecule has 0 aromatic heterocycles. The number of nitriles is 1. The number of hydrogen-bond acceptors (Lipinski definition) is 4. The Morgan fingerprint density at radius 2 is 1.93 bits per heavy atom. The van der Waals surface area contributed by atoms with Crippen molar-refractivity contribution in [1.82, 2.24) is 4.90 Å². The monoisotopic (exact) mass is 200 g/mol. The lowest BCUT2D eigenvalue weighted by atomic mass is 9.92. The van der Waals surface area contributed by atoms with Crippen LogP contribution in [0.5, 0.6) is 0 Å². The summed E-state index contributed by atoms with van der Waals surface area (Å²) in [6.07, 6.45) is 0.462. The number of aliphatic hydroxyl groups excluding tert-OH is 2. The maximum Gasteiger partial charge on any atom is 0.0638 e. The van der Waals surface area contributed by atoms with Crippen LogP contribution in [0.2, 0.25) is 0 Å². The van der Waals surface area contributed by atoms with Gasteiger partial charge in [0.05, 0.1) is 25.7 Å². The number of rotatable bonds is 6. The fraction of sp³-hybridized carbons (Fsp3) is 0.900. The molecule has 0 aromatic rings. The van der Waals surface area contributed by atoms with Gasteiger partial charge >= 0.3 is 0 Å². The van der Waals surface area contributed by atoms with E-state index >= 15 is 0 Å². The molecule has 82 valence electrons. The summed E-state index contributed by atoms with van der Waals surface area (Å²) in [5.74, 6) is 0. The zero-order valence-corrected chi connectivity index (χ0v) is 9.19. The summed E-state index contributed by atoms with van der Waals surface area (Å²) >= 11 is 0. The summed E-state index contributed by atoms with van der Waals surface area (Å²) in [6, 6.07) is 2.25. The Morgan fingerprint density at radius 3 is 2.29 bits per heavy atom. The molecule has 0 heterocycles. The van der Waals surface area contributed by atoms with Crippen LogP contribution in [0.25, 0.3) is 0 Å². The lowest BCUT2D eigenvalue weighted by Gasteiger charge is -2.33. The summed E-state index contributed by atoms with van der Waals surface area (Å²) in [7, 11) is 1.89. The minimum Gasteiger partial charge on any atom is -0.396 e. The van der Waals surface area contributed by atoms with E-state index in [2.05, 4.69) is 6.07 Å². The van der Waals surface area contributed by atoms with Crippen molar-refractivity contribution in [1.29, 1.82) is 5.26 Å². The van der Waals surface area contributed by atoms with Crippen molar-refractivity contribution in [2.75, 3.05) is 26.8 Å². The van der Waals surface area contributed by atoms with Gasteiger partial charge in [-0.1, -0.05) is 6.92 Å². The highest BCUT2D eigenvalue weighted by Crippen LogP contribution is 2.17. The summed E-state index contributed by atoms with van der Waals surface area (Å²) in [5.41, 5.74) is -0.488. The van der Waals surface area contributed by atoms with Crippen LogP contribution < -0.4 is 0 Å². The van der Waals surface area contributed by atoms with E-state index in [0.29, 0.717) is 13.0 Å². The molecule has 2 N–H and O–H groups in total. The quantitative estimate of drug-likeness (QED) is 0.643. The van der Waals surface area contributed by atoms with Crippen LogP contribution in [-0.4, -0.2) is 48.0 Å².